The molecule has 0 radical (unpaired) electrons. The van der Waals surface area contributed by atoms with Crippen LogP contribution in [0, 0.1) is 5.92 Å². The predicted octanol–water partition coefficient (Wildman–Crippen LogP) is 3.25. The predicted molar refractivity (Wildman–Crippen MR) is 110 cm³/mol. The van der Waals surface area contributed by atoms with E-state index in [2.05, 4.69) is 14.9 Å². The minimum atomic E-state index is -0.624. The molecule has 0 aliphatic carbocycles. The van der Waals surface area contributed by atoms with E-state index in [4.69, 9.17) is 19.0 Å². The fourth-order valence-corrected chi connectivity index (χ4v) is 3.72. The zero-order chi connectivity index (χ0) is 20.1. The molecule has 1 N–H and O–H groups in total. The Balaban J connectivity index is 1.42. The number of aliphatic hydroxyl groups is 1. The number of aliphatic hydroxyl groups excluding tert-OH is 1. The lowest BCUT2D eigenvalue weighted by molar-refractivity contribution is 0.122. The van der Waals surface area contributed by atoms with Crippen LogP contribution < -0.4 is 9.64 Å². The Kier molecular flexibility index (Phi) is 6.38. The van der Waals surface area contributed by atoms with Crippen molar-refractivity contribution in [3.8, 4) is 5.75 Å². The van der Waals surface area contributed by atoms with Crippen LogP contribution in [0.4, 0.5) is 9.52 Å². The van der Waals surface area contributed by atoms with E-state index in [0.29, 0.717) is 22.7 Å². The minimum Gasteiger partial charge on any atom is -0.493 e. The summed E-state index contributed by atoms with van der Waals surface area (Å²) in [5.41, 5.74) is 1.29. The van der Waals surface area contributed by atoms with Crippen LogP contribution in [0.1, 0.15) is 10.8 Å². The SMILES string of the molecule is OCC(CF)COc1ccc2nc(C=Cc3cnc(N4CCOCC4)s3)oc2c1. The molecule has 9 heteroatoms. The highest BCUT2D eigenvalue weighted by Crippen LogP contribution is 2.26. The van der Waals surface area contributed by atoms with Gasteiger partial charge in [0.15, 0.2) is 10.7 Å². The van der Waals surface area contributed by atoms with Crippen LogP contribution in [0.3, 0.4) is 0 Å². The molecule has 3 heterocycles. The van der Waals surface area contributed by atoms with Crippen molar-refractivity contribution < 1.29 is 23.4 Å². The summed E-state index contributed by atoms with van der Waals surface area (Å²) in [6, 6.07) is 5.26. The molecule has 7 nitrogen and oxygen atoms in total. The smallest absolute Gasteiger partial charge is 0.220 e. The molecule has 0 amide bonds. The molecule has 4 rings (SSSR count). The van der Waals surface area contributed by atoms with Crippen molar-refractivity contribution in [2.24, 2.45) is 5.92 Å². The van der Waals surface area contributed by atoms with Crippen LogP contribution in [-0.4, -0.2) is 61.3 Å². The van der Waals surface area contributed by atoms with Gasteiger partial charge in [-0.2, -0.15) is 0 Å². The van der Waals surface area contributed by atoms with E-state index in [1.54, 1.807) is 29.5 Å². The Morgan fingerprint density at radius 2 is 2.17 bits per heavy atom. The van der Waals surface area contributed by atoms with E-state index in [1.165, 1.54) is 0 Å². The van der Waals surface area contributed by atoms with Crippen molar-refractivity contribution >= 4 is 39.7 Å². The second kappa shape index (κ2) is 9.34. The van der Waals surface area contributed by atoms with E-state index in [1.807, 2.05) is 18.3 Å². The topological polar surface area (TPSA) is 80.9 Å². The number of morpholine rings is 1. The fraction of sp³-hybridized carbons (Fsp3) is 0.400. The Bertz CT molecular complexity index is 964. The second-order valence-corrected chi connectivity index (χ2v) is 7.71. The summed E-state index contributed by atoms with van der Waals surface area (Å²) in [4.78, 5) is 12.2. The number of rotatable bonds is 8. The molecule has 0 spiro atoms. The number of fused-ring (bicyclic) bond motifs is 1. The van der Waals surface area contributed by atoms with E-state index >= 15 is 0 Å². The van der Waals surface area contributed by atoms with Gasteiger partial charge in [0.25, 0.3) is 0 Å². The van der Waals surface area contributed by atoms with Gasteiger partial charge < -0.3 is 23.9 Å². The lowest BCUT2D eigenvalue weighted by atomic mass is 10.2. The Labute approximate surface area is 171 Å². The van der Waals surface area contributed by atoms with E-state index < -0.39 is 12.6 Å². The first-order valence-corrected chi connectivity index (χ1v) is 10.2. The third kappa shape index (κ3) is 4.92. The van der Waals surface area contributed by atoms with Gasteiger partial charge in [-0.1, -0.05) is 11.3 Å². The molecule has 1 fully saturated rings. The van der Waals surface area contributed by atoms with Gasteiger partial charge in [-0.3, -0.25) is 4.39 Å². The molecule has 1 aromatic carbocycles. The van der Waals surface area contributed by atoms with Crippen molar-refractivity contribution in [2.45, 2.75) is 0 Å². The number of hydrogen-bond acceptors (Lipinski definition) is 8. The summed E-state index contributed by atoms with van der Waals surface area (Å²) in [5, 5.41) is 10.0. The first-order valence-electron chi connectivity index (χ1n) is 9.42. The number of hydrogen-bond donors (Lipinski definition) is 1. The Morgan fingerprint density at radius 1 is 1.31 bits per heavy atom. The average molecular weight is 419 g/mol. The van der Waals surface area contributed by atoms with E-state index in [0.717, 1.165) is 36.3 Å². The first-order chi connectivity index (χ1) is 14.2. The highest BCUT2D eigenvalue weighted by atomic mass is 32.1. The van der Waals surface area contributed by atoms with Crippen molar-refractivity contribution in [3.63, 3.8) is 0 Å². The summed E-state index contributed by atoms with van der Waals surface area (Å²) in [6.07, 6.45) is 5.57. The van der Waals surface area contributed by atoms with Gasteiger partial charge in [0.2, 0.25) is 5.89 Å². The molecule has 3 aromatic rings. The fourth-order valence-electron chi connectivity index (χ4n) is 2.85. The number of halogens is 1. The third-order valence-electron chi connectivity index (χ3n) is 4.52. The van der Waals surface area contributed by atoms with Gasteiger partial charge in [-0.25, -0.2) is 9.97 Å². The van der Waals surface area contributed by atoms with Crippen LogP contribution in [0.25, 0.3) is 23.3 Å². The number of oxazole rings is 1. The van der Waals surface area contributed by atoms with Crippen molar-refractivity contribution in [1.82, 2.24) is 9.97 Å². The zero-order valence-corrected chi connectivity index (χ0v) is 16.6. The quantitative estimate of drug-likeness (QED) is 0.600. The standard InChI is InChI=1S/C20H22FN3O4S/c21-10-14(12-25)13-27-15-1-3-17-18(9-15)28-19(23-17)4-2-16-11-22-20(29-16)24-5-7-26-8-6-24/h1-4,9,11,14,25H,5-8,10,12-13H2. The van der Waals surface area contributed by atoms with Gasteiger partial charge in [-0.05, 0) is 18.2 Å². The van der Waals surface area contributed by atoms with Crippen LogP contribution >= 0.6 is 11.3 Å². The van der Waals surface area contributed by atoms with Gasteiger partial charge in [-0.15, -0.1) is 0 Å². The third-order valence-corrected chi connectivity index (χ3v) is 5.55. The Morgan fingerprint density at radius 3 is 2.97 bits per heavy atom. The molecule has 1 saturated heterocycles. The van der Waals surface area contributed by atoms with Crippen molar-refractivity contribution in [2.75, 3.05) is 51.1 Å². The highest BCUT2D eigenvalue weighted by molar-refractivity contribution is 7.16. The molecular formula is C20H22FN3O4S. The van der Waals surface area contributed by atoms with Crippen LogP contribution in [0.15, 0.2) is 28.8 Å². The number of benzene rings is 1. The van der Waals surface area contributed by atoms with Gasteiger partial charge in [0, 0.05) is 42.2 Å². The molecule has 2 aromatic heterocycles. The van der Waals surface area contributed by atoms with E-state index in [9.17, 15) is 4.39 Å². The minimum absolute atomic E-state index is 0.107. The maximum Gasteiger partial charge on any atom is 0.220 e. The maximum atomic E-state index is 12.7. The molecule has 1 aliphatic rings. The van der Waals surface area contributed by atoms with Crippen molar-refractivity contribution in [1.29, 1.82) is 0 Å². The molecule has 0 bridgehead atoms. The average Bonchev–Trinajstić information content (AvgIpc) is 3.40. The maximum absolute atomic E-state index is 12.7. The van der Waals surface area contributed by atoms with Gasteiger partial charge in [0.05, 0.1) is 33.1 Å². The second-order valence-electron chi connectivity index (χ2n) is 6.67. The lowest BCUT2D eigenvalue weighted by Gasteiger charge is -2.25. The van der Waals surface area contributed by atoms with Gasteiger partial charge >= 0.3 is 0 Å². The summed E-state index contributed by atoms with van der Waals surface area (Å²) in [5.74, 6) is 0.504. The number of thiazole rings is 1. The summed E-state index contributed by atoms with van der Waals surface area (Å²) >= 11 is 1.61. The largest absolute Gasteiger partial charge is 0.493 e. The first kappa shape index (κ1) is 19.8. The van der Waals surface area contributed by atoms with E-state index in [-0.39, 0.29) is 13.2 Å². The summed E-state index contributed by atoms with van der Waals surface area (Å²) in [6.45, 7) is 2.41. The molecule has 1 atom stereocenters. The molecule has 1 aliphatic heterocycles. The zero-order valence-electron chi connectivity index (χ0n) is 15.8. The monoisotopic (exact) mass is 419 g/mol. The molecule has 29 heavy (non-hydrogen) atoms. The highest BCUT2D eigenvalue weighted by Gasteiger charge is 2.14. The molecule has 0 saturated carbocycles. The lowest BCUT2D eigenvalue weighted by Crippen LogP contribution is -2.36. The summed E-state index contributed by atoms with van der Waals surface area (Å²) in [7, 11) is 0. The number of anilines is 1. The number of ether oxygens (including phenoxy) is 2. The Hall–Kier alpha value is -2.49. The number of nitrogens with zero attached hydrogens (tertiary/aromatic N) is 3. The summed E-state index contributed by atoms with van der Waals surface area (Å²) < 4.78 is 29.3. The van der Waals surface area contributed by atoms with Gasteiger partial charge in [0.1, 0.15) is 11.3 Å². The van der Waals surface area contributed by atoms with Crippen LogP contribution in [0.2, 0.25) is 0 Å². The normalized spacial score (nSPS) is 16.0. The molecular weight excluding hydrogens is 397 g/mol. The van der Waals surface area contributed by atoms with Crippen LogP contribution in [0.5, 0.6) is 5.75 Å². The molecule has 154 valence electrons. The van der Waals surface area contributed by atoms with Crippen LogP contribution in [-0.2, 0) is 4.74 Å². The van der Waals surface area contributed by atoms with Crippen molar-refractivity contribution in [3.05, 3.63) is 35.2 Å². The number of aromatic nitrogens is 2. The number of alkyl halides is 1. The molecule has 1 unspecified atom stereocenters.